The van der Waals surface area contributed by atoms with E-state index in [1.54, 1.807) is 0 Å². The summed E-state index contributed by atoms with van der Waals surface area (Å²) in [5.41, 5.74) is 3.38. The summed E-state index contributed by atoms with van der Waals surface area (Å²) in [6.07, 6.45) is 0. The number of hydrogen-bond donors (Lipinski definition) is 0. The number of ether oxygens (including phenoxy) is 1. The average molecular weight is 293 g/mol. The van der Waals surface area contributed by atoms with Gasteiger partial charge in [0.15, 0.2) is 12.3 Å². The van der Waals surface area contributed by atoms with Crippen LogP contribution in [-0.2, 0) is 4.79 Å². The summed E-state index contributed by atoms with van der Waals surface area (Å²) < 4.78 is 6.16. The van der Waals surface area contributed by atoms with Crippen molar-refractivity contribution < 1.29 is 14.0 Å². The van der Waals surface area contributed by atoms with Gasteiger partial charge in [0, 0.05) is 14.1 Å². The first-order valence-corrected chi connectivity index (χ1v) is 7.34. The molecule has 21 heavy (non-hydrogen) atoms. The molecule has 0 spiro atoms. The van der Waals surface area contributed by atoms with E-state index in [1.807, 2.05) is 46.2 Å². The molecule has 0 fully saturated rings. The number of benzene rings is 1. The van der Waals surface area contributed by atoms with E-state index in [0.717, 1.165) is 11.3 Å². The van der Waals surface area contributed by atoms with Gasteiger partial charge in [-0.2, -0.15) is 0 Å². The van der Waals surface area contributed by atoms with E-state index in [4.69, 9.17) is 4.74 Å². The Morgan fingerprint density at radius 2 is 1.81 bits per heavy atom. The number of quaternary nitrogens is 1. The average Bonchev–Trinajstić information content (AvgIpc) is 2.24. The van der Waals surface area contributed by atoms with Gasteiger partial charge in [-0.25, -0.2) is 4.79 Å². The molecule has 4 heteroatoms. The second-order valence-corrected chi connectivity index (χ2v) is 7.15. The normalized spacial score (nSPS) is 11.7. The van der Waals surface area contributed by atoms with Crippen molar-refractivity contribution in [3.63, 3.8) is 0 Å². The Hall–Kier alpha value is -1.55. The molecule has 4 nitrogen and oxygen atoms in total. The third-order valence-electron chi connectivity index (χ3n) is 3.28. The first-order valence-electron chi connectivity index (χ1n) is 7.34. The summed E-state index contributed by atoms with van der Waals surface area (Å²) >= 11 is 0. The van der Waals surface area contributed by atoms with Crippen LogP contribution in [0.25, 0.3) is 0 Å². The van der Waals surface area contributed by atoms with E-state index >= 15 is 0 Å². The van der Waals surface area contributed by atoms with Crippen molar-refractivity contribution in [1.29, 1.82) is 0 Å². The quantitative estimate of drug-likeness (QED) is 0.475. The van der Waals surface area contributed by atoms with E-state index < -0.39 is 0 Å². The van der Waals surface area contributed by atoms with Gasteiger partial charge in [0.25, 0.3) is 0 Å². The Bertz CT molecular complexity index is 514. The molecule has 1 aromatic carbocycles. The van der Waals surface area contributed by atoms with Gasteiger partial charge < -0.3 is 14.1 Å². The maximum absolute atomic E-state index is 12.1. The van der Waals surface area contributed by atoms with Gasteiger partial charge in [-0.1, -0.05) is 13.8 Å². The first-order chi connectivity index (χ1) is 9.51. The van der Waals surface area contributed by atoms with Crippen molar-refractivity contribution >= 4 is 11.7 Å². The summed E-state index contributed by atoms with van der Waals surface area (Å²) in [7, 11) is 9.85. The Labute approximate surface area is 128 Å². The second-order valence-electron chi connectivity index (χ2n) is 7.15. The molecule has 0 saturated carbocycles. The Morgan fingerprint density at radius 3 is 2.24 bits per heavy atom. The minimum absolute atomic E-state index is 0.206. The fourth-order valence-electron chi connectivity index (χ4n) is 2.28. The third-order valence-corrected chi connectivity index (χ3v) is 3.28. The molecule has 0 amide bonds. The molecular weight excluding hydrogens is 264 g/mol. The van der Waals surface area contributed by atoms with Crippen LogP contribution in [0.4, 0.5) is 5.69 Å². The molecule has 0 aliphatic rings. The topological polar surface area (TPSA) is 29.5 Å². The van der Waals surface area contributed by atoms with Gasteiger partial charge in [-0.05, 0) is 36.1 Å². The number of nitrogens with zero attached hydrogens (tertiary/aromatic N) is 2. The highest BCUT2D eigenvalue weighted by Gasteiger charge is 2.19. The van der Waals surface area contributed by atoms with Gasteiger partial charge in [-0.15, -0.1) is 0 Å². The van der Waals surface area contributed by atoms with Crippen LogP contribution in [0, 0.1) is 6.92 Å². The summed E-state index contributed by atoms with van der Waals surface area (Å²) in [4.78, 5) is 14.1. The molecule has 0 aliphatic carbocycles. The summed E-state index contributed by atoms with van der Waals surface area (Å²) in [5.74, 6) is 0.877. The maximum Gasteiger partial charge on any atom is 0.367 e. The van der Waals surface area contributed by atoms with Crippen molar-refractivity contribution in [2.24, 2.45) is 0 Å². The van der Waals surface area contributed by atoms with Crippen LogP contribution < -0.4 is 9.64 Å². The number of anilines is 1. The van der Waals surface area contributed by atoms with Crippen molar-refractivity contribution in [2.75, 3.05) is 46.7 Å². The third kappa shape index (κ3) is 5.05. The van der Waals surface area contributed by atoms with Gasteiger partial charge in [0.1, 0.15) is 0 Å². The fourth-order valence-corrected chi connectivity index (χ4v) is 2.28. The minimum atomic E-state index is -0.206. The molecular formula is C17H29N2O2+. The summed E-state index contributed by atoms with van der Waals surface area (Å²) in [6.45, 7) is 6.75. The minimum Gasteiger partial charge on any atom is -0.420 e. The maximum atomic E-state index is 12.1. The highest BCUT2D eigenvalue weighted by atomic mass is 16.5. The molecule has 0 unspecified atom stereocenters. The van der Waals surface area contributed by atoms with Crippen LogP contribution in [0.1, 0.15) is 30.9 Å². The first kappa shape index (κ1) is 17.5. The molecule has 0 saturated heterocycles. The number of rotatable bonds is 5. The monoisotopic (exact) mass is 293 g/mol. The van der Waals surface area contributed by atoms with Gasteiger partial charge in [0.05, 0.1) is 26.8 Å². The van der Waals surface area contributed by atoms with Gasteiger partial charge in [0.2, 0.25) is 0 Å². The lowest BCUT2D eigenvalue weighted by Crippen LogP contribution is -2.41. The standard InChI is InChI=1S/C17H29N2O2/c1-12(2)14-10-15(18(4)5)16(9-13(14)3)21-17(20)11-19(6,7)8/h9-10,12H,11H2,1-8H3/q+1. The van der Waals surface area contributed by atoms with Crippen LogP contribution in [0.3, 0.4) is 0 Å². The number of likely N-dealkylation sites (N-methyl/N-ethyl adjacent to an activating group) is 1. The molecule has 118 valence electrons. The molecule has 0 bridgehead atoms. The van der Waals surface area contributed by atoms with E-state index in [2.05, 4.69) is 26.8 Å². The Kier molecular flexibility index (Phi) is 5.40. The lowest BCUT2D eigenvalue weighted by atomic mass is 9.97. The predicted octanol–water partition coefficient (Wildman–Crippen LogP) is 2.80. The zero-order valence-electron chi connectivity index (χ0n) is 14.7. The van der Waals surface area contributed by atoms with E-state index in [-0.39, 0.29) is 5.97 Å². The van der Waals surface area contributed by atoms with Crippen molar-refractivity contribution in [3.8, 4) is 5.75 Å². The van der Waals surface area contributed by atoms with E-state index in [0.29, 0.717) is 22.7 Å². The smallest absolute Gasteiger partial charge is 0.367 e. The zero-order chi connectivity index (χ0) is 16.4. The van der Waals surface area contributed by atoms with Crippen LogP contribution >= 0.6 is 0 Å². The van der Waals surface area contributed by atoms with Crippen LogP contribution in [0.5, 0.6) is 5.75 Å². The van der Waals surface area contributed by atoms with Crippen molar-refractivity contribution in [3.05, 3.63) is 23.3 Å². The molecule has 0 heterocycles. The van der Waals surface area contributed by atoms with Crippen molar-refractivity contribution in [2.45, 2.75) is 26.7 Å². The SMILES string of the molecule is Cc1cc(OC(=O)C[N+](C)(C)C)c(N(C)C)cc1C(C)C. The summed E-state index contributed by atoms with van der Waals surface area (Å²) in [5, 5.41) is 0. The number of carbonyl (C=O) groups excluding carboxylic acids is 1. The number of carbonyl (C=O) groups is 1. The fraction of sp³-hybridized carbons (Fsp3) is 0.588. The Balaban J connectivity index is 3.12. The molecule has 0 atom stereocenters. The van der Waals surface area contributed by atoms with Gasteiger partial charge in [-0.3, -0.25) is 0 Å². The molecule has 0 aliphatic heterocycles. The van der Waals surface area contributed by atoms with E-state index in [9.17, 15) is 4.79 Å². The molecule has 0 aromatic heterocycles. The molecule has 1 rings (SSSR count). The lowest BCUT2D eigenvalue weighted by Gasteiger charge is -2.24. The largest absolute Gasteiger partial charge is 0.420 e. The highest BCUT2D eigenvalue weighted by molar-refractivity contribution is 5.76. The molecule has 0 N–H and O–H groups in total. The number of esters is 1. The summed E-state index contributed by atoms with van der Waals surface area (Å²) in [6, 6.07) is 4.09. The predicted molar refractivity (Wildman–Crippen MR) is 88.1 cm³/mol. The highest BCUT2D eigenvalue weighted by Crippen LogP contribution is 2.33. The van der Waals surface area contributed by atoms with Gasteiger partial charge >= 0.3 is 5.97 Å². The van der Waals surface area contributed by atoms with Crippen molar-refractivity contribution in [1.82, 2.24) is 0 Å². The number of hydrogen-bond acceptors (Lipinski definition) is 3. The molecule has 1 aromatic rings. The van der Waals surface area contributed by atoms with Crippen LogP contribution in [0.15, 0.2) is 12.1 Å². The second kappa shape index (κ2) is 6.48. The Morgan fingerprint density at radius 1 is 1.24 bits per heavy atom. The zero-order valence-corrected chi connectivity index (χ0v) is 14.7. The van der Waals surface area contributed by atoms with Crippen LogP contribution in [-0.4, -0.2) is 52.2 Å². The molecule has 0 radical (unpaired) electrons. The van der Waals surface area contributed by atoms with Crippen LogP contribution in [0.2, 0.25) is 0 Å². The van der Waals surface area contributed by atoms with E-state index in [1.165, 1.54) is 5.56 Å². The number of aryl methyl sites for hydroxylation is 1. The lowest BCUT2D eigenvalue weighted by molar-refractivity contribution is -0.862.